The third-order valence-electron chi connectivity index (χ3n) is 4.41. The predicted molar refractivity (Wildman–Crippen MR) is 98.7 cm³/mol. The number of sulfone groups is 1. The Labute approximate surface area is 152 Å². The highest BCUT2D eigenvalue weighted by atomic mass is 32.2. The van der Waals surface area contributed by atoms with Gasteiger partial charge in [-0.15, -0.1) is 0 Å². The average molecular weight is 377 g/mol. The van der Waals surface area contributed by atoms with Crippen molar-refractivity contribution in [1.82, 2.24) is 4.98 Å². The minimum absolute atomic E-state index is 0.109. The van der Waals surface area contributed by atoms with Gasteiger partial charge in [0, 0.05) is 24.5 Å². The van der Waals surface area contributed by atoms with E-state index in [1.807, 2.05) is 11.8 Å². The van der Waals surface area contributed by atoms with Crippen LogP contribution in [0.15, 0.2) is 42.7 Å². The van der Waals surface area contributed by atoms with E-state index in [1.54, 1.807) is 12.3 Å². The van der Waals surface area contributed by atoms with Crippen molar-refractivity contribution in [2.75, 3.05) is 28.3 Å². The Balaban J connectivity index is 1.78. The van der Waals surface area contributed by atoms with Gasteiger partial charge in [-0.05, 0) is 43.7 Å². The first kappa shape index (κ1) is 18.3. The Bertz CT molecular complexity index is 900. The molecular weight excluding hydrogens is 357 g/mol. The summed E-state index contributed by atoms with van der Waals surface area (Å²) in [5.41, 5.74) is 1.54. The number of aromatic nitrogens is 1. The summed E-state index contributed by atoms with van der Waals surface area (Å²) in [6, 6.07) is 7.08. The van der Waals surface area contributed by atoms with Gasteiger partial charge in [0.15, 0.2) is 9.84 Å². The number of anilines is 2. The Kier molecular flexibility index (Phi) is 5.22. The third kappa shape index (κ3) is 4.19. The molecule has 1 unspecified atom stereocenters. The molecule has 2 heterocycles. The van der Waals surface area contributed by atoms with Crippen LogP contribution >= 0.6 is 0 Å². The highest BCUT2D eigenvalue weighted by molar-refractivity contribution is 7.91. The maximum Gasteiger partial charge on any atom is 0.257 e. The van der Waals surface area contributed by atoms with Crippen molar-refractivity contribution in [3.8, 4) is 0 Å². The smallest absolute Gasteiger partial charge is 0.257 e. The second-order valence-electron chi connectivity index (χ2n) is 6.24. The number of hydrogen-bond acceptors (Lipinski definition) is 5. The standard InChI is InChI=1S/C18H20FN3O3S/c1-2-22(16-7-8-26(24,25)12-16)17-9-13(10-20-11-17)18(23)21-15-5-3-14(19)4-6-15/h3-6,9-11,16H,2,7-8,12H2,1H3,(H,21,23). The Hall–Kier alpha value is -2.48. The summed E-state index contributed by atoms with van der Waals surface area (Å²) in [5, 5.41) is 2.69. The lowest BCUT2D eigenvalue weighted by Gasteiger charge is -2.29. The molecule has 2 aromatic rings. The van der Waals surface area contributed by atoms with E-state index >= 15 is 0 Å². The molecule has 26 heavy (non-hydrogen) atoms. The van der Waals surface area contributed by atoms with Gasteiger partial charge in [-0.3, -0.25) is 9.78 Å². The molecule has 1 amide bonds. The summed E-state index contributed by atoms with van der Waals surface area (Å²) >= 11 is 0. The van der Waals surface area contributed by atoms with Crippen LogP contribution in [-0.2, 0) is 9.84 Å². The number of benzene rings is 1. The van der Waals surface area contributed by atoms with Crippen molar-refractivity contribution in [3.63, 3.8) is 0 Å². The van der Waals surface area contributed by atoms with Gasteiger partial charge in [0.25, 0.3) is 5.91 Å². The first-order chi connectivity index (χ1) is 12.4. The van der Waals surface area contributed by atoms with E-state index in [4.69, 9.17) is 0 Å². The molecule has 1 aliphatic heterocycles. The maximum absolute atomic E-state index is 13.0. The van der Waals surface area contributed by atoms with E-state index in [0.29, 0.717) is 29.9 Å². The quantitative estimate of drug-likeness (QED) is 0.866. The first-order valence-corrected chi connectivity index (χ1v) is 10.2. The molecule has 138 valence electrons. The van der Waals surface area contributed by atoms with E-state index in [2.05, 4.69) is 10.3 Å². The highest BCUT2D eigenvalue weighted by Crippen LogP contribution is 2.24. The lowest BCUT2D eigenvalue weighted by molar-refractivity contribution is 0.102. The Morgan fingerprint density at radius 3 is 2.65 bits per heavy atom. The molecule has 1 aromatic heterocycles. The van der Waals surface area contributed by atoms with Gasteiger partial charge >= 0.3 is 0 Å². The van der Waals surface area contributed by atoms with Crippen molar-refractivity contribution < 1.29 is 17.6 Å². The van der Waals surface area contributed by atoms with Crippen LogP contribution in [0, 0.1) is 5.82 Å². The SMILES string of the molecule is CCN(c1cncc(C(=O)Nc2ccc(F)cc2)c1)C1CCS(=O)(=O)C1. The van der Waals surface area contributed by atoms with Gasteiger partial charge in [0.05, 0.1) is 29.0 Å². The van der Waals surface area contributed by atoms with E-state index in [0.717, 1.165) is 0 Å². The Morgan fingerprint density at radius 1 is 1.31 bits per heavy atom. The third-order valence-corrected chi connectivity index (χ3v) is 6.16. The molecule has 0 spiro atoms. The van der Waals surface area contributed by atoms with Crippen LogP contribution in [0.2, 0.25) is 0 Å². The minimum Gasteiger partial charge on any atom is -0.367 e. The molecule has 1 atom stereocenters. The van der Waals surface area contributed by atoms with Gasteiger partial charge in [-0.25, -0.2) is 12.8 Å². The summed E-state index contributed by atoms with van der Waals surface area (Å²) in [5.74, 6) is -0.433. The zero-order chi connectivity index (χ0) is 18.7. The number of rotatable bonds is 5. The van der Waals surface area contributed by atoms with Gasteiger partial charge in [0.1, 0.15) is 5.82 Å². The fourth-order valence-corrected chi connectivity index (χ4v) is 4.85. The first-order valence-electron chi connectivity index (χ1n) is 8.37. The summed E-state index contributed by atoms with van der Waals surface area (Å²) in [4.78, 5) is 18.5. The van der Waals surface area contributed by atoms with Crippen molar-refractivity contribution in [1.29, 1.82) is 0 Å². The van der Waals surface area contributed by atoms with Crippen LogP contribution in [0.1, 0.15) is 23.7 Å². The van der Waals surface area contributed by atoms with Crippen molar-refractivity contribution in [2.24, 2.45) is 0 Å². The van der Waals surface area contributed by atoms with Crippen LogP contribution in [0.25, 0.3) is 0 Å². The second-order valence-corrected chi connectivity index (χ2v) is 8.46. The molecule has 3 rings (SSSR count). The number of carbonyl (C=O) groups excluding carboxylic acids is 1. The van der Waals surface area contributed by atoms with Crippen LogP contribution in [0.5, 0.6) is 0 Å². The summed E-state index contributed by atoms with van der Waals surface area (Å²) in [6.07, 6.45) is 3.65. The number of pyridine rings is 1. The van der Waals surface area contributed by atoms with Gasteiger partial charge in [-0.1, -0.05) is 0 Å². The highest BCUT2D eigenvalue weighted by Gasteiger charge is 2.32. The zero-order valence-corrected chi connectivity index (χ0v) is 15.2. The molecule has 0 aliphatic carbocycles. The van der Waals surface area contributed by atoms with Crippen LogP contribution in [-0.4, -0.2) is 43.4 Å². The lowest BCUT2D eigenvalue weighted by Crippen LogP contribution is -2.36. The molecule has 1 aliphatic rings. The number of nitrogens with zero attached hydrogens (tertiary/aromatic N) is 2. The number of amides is 1. The fourth-order valence-electron chi connectivity index (χ4n) is 3.12. The molecular formula is C18H20FN3O3S. The van der Waals surface area contributed by atoms with Crippen molar-refractivity contribution >= 4 is 27.1 Å². The number of halogens is 1. The monoisotopic (exact) mass is 377 g/mol. The molecule has 0 bridgehead atoms. The number of carbonyl (C=O) groups is 1. The maximum atomic E-state index is 13.0. The van der Waals surface area contributed by atoms with E-state index < -0.39 is 9.84 Å². The van der Waals surface area contributed by atoms with E-state index in [9.17, 15) is 17.6 Å². The van der Waals surface area contributed by atoms with E-state index in [1.165, 1.54) is 30.5 Å². The van der Waals surface area contributed by atoms with E-state index in [-0.39, 0.29) is 29.3 Å². The van der Waals surface area contributed by atoms with Crippen molar-refractivity contribution in [3.05, 3.63) is 54.1 Å². The van der Waals surface area contributed by atoms with Crippen LogP contribution in [0.3, 0.4) is 0 Å². The molecule has 0 saturated carbocycles. The second kappa shape index (κ2) is 7.41. The number of nitrogens with one attached hydrogen (secondary N) is 1. The summed E-state index contributed by atoms with van der Waals surface area (Å²) in [6.45, 7) is 2.56. The number of hydrogen-bond donors (Lipinski definition) is 1. The Morgan fingerprint density at radius 2 is 2.04 bits per heavy atom. The molecule has 8 heteroatoms. The largest absolute Gasteiger partial charge is 0.367 e. The van der Waals surface area contributed by atoms with Crippen molar-refractivity contribution in [2.45, 2.75) is 19.4 Å². The predicted octanol–water partition coefficient (Wildman–Crippen LogP) is 2.49. The summed E-state index contributed by atoms with van der Waals surface area (Å²) < 4.78 is 36.5. The van der Waals surface area contributed by atoms with Gasteiger partial charge < -0.3 is 10.2 Å². The van der Waals surface area contributed by atoms with Crippen LogP contribution < -0.4 is 10.2 Å². The average Bonchev–Trinajstić information content (AvgIpc) is 2.97. The van der Waals surface area contributed by atoms with Gasteiger partial charge in [0.2, 0.25) is 0 Å². The fraction of sp³-hybridized carbons (Fsp3) is 0.333. The minimum atomic E-state index is -3.00. The zero-order valence-electron chi connectivity index (χ0n) is 14.4. The normalized spacial score (nSPS) is 18.5. The summed E-state index contributed by atoms with van der Waals surface area (Å²) in [7, 11) is -3.00. The molecule has 6 nitrogen and oxygen atoms in total. The molecule has 1 fully saturated rings. The molecule has 1 N–H and O–H groups in total. The molecule has 1 aromatic carbocycles. The molecule has 1 saturated heterocycles. The topological polar surface area (TPSA) is 79.4 Å². The lowest BCUT2D eigenvalue weighted by atomic mass is 10.1. The van der Waals surface area contributed by atoms with Gasteiger partial charge in [-0.2, -0.15) is 0 Å². The molecule has 0 radical (unpaired) electrons. The van der Waals surface area contributed by atoms with Crippen LogP contribution in [0.4, 0.5) is 15.8 Å².